The molecule has 2 heteroatoms. The van der Waals surface area contributed by atoms with E-state index < -0.39 is 0 Å². The highest BCUT2D eigenvalue weighted by molar-refractivity contribution is 5.88. The minimum Gasteiger partial charge on any atom is -0.478 e. The Balaban J connectivity index is 2.61. The van der Waals surface area contributed by atoms with Crippen LogP contribution >= 0.6 is 0 Å². The molecule has 0 aromatic heterocycles. The first-order chi connectivity index (χ1) is 6.42. The molecule has 0 aliphatic rings. The monoisotopic (exact) mass is 173 g/mol. The Bertz CT molecular complexity index is 406. The lowest BCUT2D eigenvalue weighted by Crippen LogP contribution is -2.07. The predicted molar refractivity (Wildman–Crippen MR) is 53.6 cm³/mol. The van der Waals surface area contributed by atoms with Crippen LogP contribution in [-0.4, -0.2) is 6.73 Å². The van der Waals surface area contributed by atoms with Gasteiger partial charge in [-0.1, -0.05) is 36.4 Å². The largest absolute Gasteiger partial charge is 0.478 e. The second-order valence-electron chi connectivity index (χ2n) is 2.79. The molecule has 0 atom stereocenters. The molecule has 2 nitrogen and oxygen atoms in total. The molecule has 2 rings (SSSR count). The maximum atomic E-state index is 5.33. The van der Waals surface area contributed by atoms with Crippen LogP contribution in [0.2, 0.25) is 0 Å². The molecule has 0 saturated carbocycles. The van der Waals surface area contributed by atoms with Crippen molar-refractivity contribution in [3.05, 3.63) is 42.5 Å². The lowest BCUT2D eigenvalue weighted by Gasteiger charge is -2.05. The molecule has 2 aromatic rings. The Morgan fingerprint density at radius 2 is 1.77 bits per heavy atom. The maximum absolute atomic E-state index is 5.33. The molecular weight excluding hydrogens is 162 g/mol. The van der Waals surface area contributed by atoms with Gasteiger partial charge >= 0.3 is 0 Å². The first kappa shape index (κ1) is 8.08. The second kappa shape index (κ2) is 3.46. The molecule has 13 heavy (non-hydrogen) atoms. The van der Waals surface area contributed by atoms with E-state index in [0.717, 1.165) is 11.1 Å². The summed E-state index contributed by atoms with van der Waals surface area (Å²) in [5, 5.41) is 2.28. The molecule has 0 aliphatic heterocycles. The summed E-state index contributed by atoms with van der Waals surface area (Å²) in [5.74, 6) is 0.848. The Kier molecular flexibility index (Phi) is 2.15. The van der Waals surface area contributed by atoms with Crippen molar-refractivity contribution in [3.63, 3.8) is 0 Å². The zero-order chi connectivity index (χ0) is 9.10. The first-order valence-electron chi connectivity index (χ1n) is 4.22. The number of ether oxygens (including phenoxy) is 1. The first-order valence-corrected chi connectivity index (χ1v) is 4.22. The van der Waals surface area contributed by atoms with Crippen molar-refractivity contribution < 1.29 is 4.74 Å². The Morgan fingerprint density at radius 3 is 2.62 bits per heavy atom. The quantitative estimate of drug-likeness (QED) is 0.706. The van der Waals surface area contributed by atoms with E-state index in [-0.39, 0.29) is 6.73 Å². The van der Waals surface area contributed by atoms with Gasteiger partial charge in [-0.05, 0) is 11.5 Å². The maximum Gasteiger partial charge on any atom is 0.137 e. The highest BCUT2D eigenvalue weighted by Gasteiger charge is 1.98. The predicted octanol–water partition coefficient (Wildman–Crippen LogP) is 2.13. The van der Waals surface area contributed by atoms with Gasteiger partial charge in [0.05, 0.1) is 0 Å². The van der Waals surface area contributed by atoms with Crippen LogP contribution in [0.1, 0.15) is 0 Å². The van der Waals surface area contributed by atoms with Crippen LogP contribution in [0.15, 0.2) is 42.5 Å². The van der Waals surface area contributed by atoms with Gasteiger partial charge in [-0.3, -0.25) is 5.73 Å². The molecule has 0 unspecified atom stereocenters. The highest BCUT2D eigenvalue weighted by atomic mass is 16.5. The van der Waals surface area contributed by atoms with E-state index in [1.165, 1.54) is 5.39 Å². The molecule has 0 bridgehead atoms. The van der Waals surface area contributed by atoms with Crippen molar-refractivity contribution in [2.24, 2.45) is 5.73 Å². The summed E-state index contributed by atoms with van der Waals surface area (Å²) in [6.07, 6.45) is 0. The molecule has 0 radical (unpaired) electrons. The van der Waals surface area contributed by atoms with Crippen molar-refractivity contribution in [2.45, 2.75) is 0 Å². The van der Waals surface area contributed by atoms with Gasteiger partial charge in [0, 0.05) is 5.39 Å². The molecule has 0 amide bonds. The van der Waals surface area contributed by atoms with E-state index in [1.54, 1.807) is 0 Å². The van der Waals surface area contributed by atoms with Crippen LogP contribution in [0, 0.1) is 0 Å². The standard InChI is InChI=1S/C11H11NO/c12-8-13-11-7-3-5-9-4-1-2-6-10(9)11/h1-7H,8,12H2. The smallest absolute Gasteiger partial charge is 0.137 e. The van der Waals surface area contributed by atoms with E-state index >= 15 is 0 Å². The average molecular weight is 173 g/mol. The third-order valence-electron chi connectivity index (χ3n) is 1.99. The van der Waals surface area contributed by atoms with E-state index in [2.05, 4.69) is 12.1 Å². The zero-order valence-corrected chi connectivity index (χ0v) is 7.23. The summed E-state index contributed by atoms with van der Waals surface area (Å²) in [6.45, 7) is 0.216. The summed E-state index contributed by atoms with van der Waals surface area (Å²) in [6, 6.07) is 14.0. The lowest BCUT2D eigenvalue weighted by atomic mass is 10.1. The number of rotatable bonds is 2. The molecule has 0 aliphatic carbocycles. The molecule has 2 N–H and O–H groups in total. The van der Waals surface area contributed by atoms with Gasteiger partial charge in [0.25, 0.3) is 0 Å². The molecule has 0 heterocycles. The highest BCUT2D eigenvalue weighted by Crippen LogP contribution is 2.24. The fraction of sp³-hybridized carbons (Fsp3) is 0.0909. The van der Waals surface area contributed by atoms with Gasteiger partial charge in [0.2, 0.25) is 0 Å². The average Bonchev–Trinajstić information content (AvgIpc) is 2.19. The second-order valence-corrected chi connectivity index (χ2v) is 2.79. The van der Waals surface area contributed by atoms with Crippen molar-refractivity contribution in [2.75, 3.05) is 6.73 Å². The third-order valence-corrected chi connectivity index (χ3v) is 1.99. The molecule has 66 valence electrons. The summed E-state index contributed by atoms with van der Waals surface area (Å²) in [5.41, 5.74) is 5.33. The van der Waals surface area contributed by atoms with Crippen LogP contribution in [-0.2, 0) is 0 Å². The molecule has 0 saturated heterocycles. The molecule has 0 spiro atoms. The molecule has 0 fully saturated rings. The van der Waals surface area contributed by atoms with E-state index in [0.29, 0.717) is 0 Å². The third kappa shape index (κ3) is 1.48. The van der Waals surface area contributed by atoms with Crippen molar-refractivity contribution in [1.82, 2.24) is 0 Å². The van der Waals surface area contributed by atoms with E-state index in [9.17, 15) is 0 Å². The van der Waals surface area contributed by atoms with Crippen LogP contribution < -0.4 is 10.5 Å². The van der Waals surface area contributed by atoms with Crippen LogP contribution in [0.5, 0.6) is 5.75 Å². The fourth-order valence-corrected chi connectivity index (χ4v) is 1.41. The van der Waals surface area contributed by atoms with E-state index in [4.69, 9.17) is 10.5 Å². The van der Waals surface area contributed by atoms with Gasteiger partial charge in [0.15, 0.2) is 0 Å². The van der Waals surface area contributed by atoms with E-state index in [1.807, 2.05) is 30.3 Å². The summed E-state index contributed by atoms with van der Waals surface area (Å²) >= 11 is 0. The van der Waals surface area contributed by atoms with Crippen molar-refractivity contribution in [1.29, 1.82) is 0 Å². The SMILES string of the molecule is NCOc1cccc2ccccc12. The molecule has 2 aromatic carbocycles. The summed E-state index contributed by atoms with van der Waals surface area (Å²) < 4.78 is 5.30. The van der Waals surface area contributed by atoms with Crippen LogP contribution in [0.4, 0.5) is 0 Å². The number of nitrogens with two attached hydrogens (primary N) is 1. The lowest BCUT2D eigenvalue weighted by molar-refractivity contribution is 0.333. The number of benzene rings is 2. The summed E-state index contributed by atoms with van der Waals surface area (Å²) in [7, 11) is 0. The fourth-order valence-electron chi connectivity index (χ4n) is 1.41. The van der Waals surface area contributed by atoms with Gasteiger partial charge in [-0.25, -0.2) is 0 Å². The zero-order valence-electron chi connectivity index (χ0n) is 7.23. The number of hydrogen-bond acceptors (Lipinski definition) is 2. The number of hydrogen-bond donors (Lipinski definition) is 1. The molecular formula is C11H11NO. The summed E-state index contributed by atoms with van der Waals surface area (Å²) in [4.78, 5) is 0. The normalized spacial score (nSPS) is 10.2. The minimum absolute atomic E-state index is 0.216. The van der Waals surface area contributed by atoms with Crippen LogP contribution in [0.3, 0.4) is 0 Å². The topological polar surface area (TPSA) is 35.2 Å². The Morgan fingerprint density at radius 1 is 1.00 bits per heavy atom. The Hall–Kier alpha value is -1.54. The minimum atomic E-state index is 0.216. The van der Waals surface area contributed by atoms with Crippen molar-refractivity contribution >= 4 is 10.8 Å². The van der Waals surface area contributed by atoms with Crippen LogP contribution in [0.25, 0.3) is 10.8 Å². The van der Waals surface area contributed by atoms with Gasteiger partial charge in [-0.15, -0.1) is 0 Å². The number of fused-ring (bicyclic) bond motifs is 1. The van der Waals surface area contributed by atoms with Crippen molar-refractivity contribution in [3.8, 4) is 5.75 Å². The van der Waals surface area contributed by atoms with Gasteiger partial charge in [0.1, 0.15) is 12.5 Å². The van der Waals surface area contributed by atoms with Gasteiger partial charge < -0.3 is 4.74 Å². The van der Waals surface area contributed by atoms with Gasteiger partial charge in [-0.2, -0.15) is 0 Å². The Labute approximate surface area is 76.9 Å².